The molecular formula is C17H25ClN4O. The molecule has 1 atom stereocenters. The van der Waals surface area contributed by atoms with Gasteiger partial charge < -0.3 is 11.1 Å². The molecule has 2 rings (SSSR count). The Kier molecular flexibility index (Phi) is 6.79. The van der Waals surface area contributed by atoms with Gasteiger partial charge in [-0.1, -0.05) is 31.5 Å². The smallest absolute Gasteiger partial charge is 0.255 e. The molecule has 0 saturated heterocycles. The number of carbonyl (C=O) groups excluding carboxylic acids is 1. The number of amides is 1. The molecule has 23 heavy (non-hydrogen) atoms. The number of benzene rings is 1. The Morgan fingerprint density at radius 1 is 1.26 bits per heavy atom. The third kappa shape index (κ3) is 4.33. The minimum absolute atomic E-state index is 0. The predicted octanol–water partition coefficient (Wildman–Crippen LogP) is 2.80. The van der Waals surface area contributed by atoms with Crippen LogP contribution < -0.4 is 11.1 Å². The van der Waals surface area contributed by atoms with E-state index in [1.54, 1.807) is 6.20 Å². The van der Waals surface area contributed by atoms with Crippen molar-refractivity contribution < 1.29 is 4.79 Å². The van der Waals surface area contributed by atoms with Crippen LogP contribution in [-0.4, -0.2) is 28.3 Å². The maximum absolute atomic E-state index is 12.4. The summed E-state index contributed by atoms with van der Waals surface area (Å²) in [6.07, 6.45) is 1.63. The van der Waals surface area contributed by atoms with Crippen LogP contribution in [0, 0.1) is 6.92 Å². The molecule has 0 saturated carbocycles. The van der Waals surface area contributed by atoms with E-state index in [9.17, 15) is 4.79 Å². The first-order valence-corrected chi connectivity index (χ1v) is 7.60. The number of rotatable bonds is 5. The highest BCUT2D eigenvalue weighted by Gasteiger charge is 2.21. The van der Waals surface area contributed by atoms with E-state index < -0.39 is 0 Å². The summed E-state index contributed by atoms with van der Waals surface area (Å²) >= 11 is 0. The maximum atomic E-state index is 12.4. The van der Waals surface area contributed by atoms with Gasteiger partial charge in [0.15, 0.2) is 0 Å². The number of aromatic nitrogens is 2. The third-order valence-electron chi connectivity index (χ3n) is 3.61. The molecule has 5 nitrogen and oxygen atoms in total. The summed E-state index contributed by atoms with van der Waals surface area (Å²) in [7, 11) is 0. The molecule has 1 heterocycles. The monoisotopic (exact) mass is 336 g/mol. The topological polar surface area (TPSA) is 72.9 Å². The van der Waals surface area contributed by atoms with E-state index in [-0.39, 0.29) is 30.3 Å². The molecule has 0 aliphatic heterocycles. The molecule has 1 aromatic carbocycles. The minimum Gasteiger partial charge on any atom is -0.348 e. The highest BCUT2D eigenvalue weighted by Crippen LogP contribution is 2.23. The van der Waals surface area contributed by atoms with Crippen LogP contribution in [0.25, 0.3) is 5.69 Å². The first kappa shape index (κ1) is 19.2. The zero-order valence-corrected chi connectivity index (χ0v) is 14.9. The first-order valence-electron chi connectivity index (χ1n) is 7.60. The average Bonchev–Trinajstić information content (AvgIpc) is 2.93. The largest absolute Gasteiger partial charge is 0.348 e. The van der Waals surface area contributed by atoms with Crippen molar-refractivity contribution in [3.8, 4) is 5.69 Å². The van der Waals surface area contributed by atoms with Gasteiger partial charge in [0, 0.05) is 12.6 Å². The van der Waals surface area contributed by atoms with Gasteiger partial charge in [0.2, 0.25) is 0 Å². The molecule has 6 heteroatoms. The van der Waals surface area contributed by atoms with Crippen molar-refractivity contribution in [1.82, 2.24) is 15.1 Å². The van der Waals surface area contributed by atoms with Crippen molar-refractivity contribution in [2.24, 2.45) is 5.73 Å². The molecule has 2 aromatic rings. The van der Waals surface area contributed by atoms with Crippen LogP contribution in [0.5, 0.6) is 0 Å². The van der Waals surface area contributed by atoms with Crippen LogP contribution in [0.1, 0.15) is 48.3 Å². The Labute approximate surface area is 143 Å². The normalized spacial score (nSPS) is 11.9. The fourth-order valence-corrected chi connectivity index (χ4v) is 2.34. The number of nitrogens with two attached hydrogens (primary N) is 1. The van der Waals surface area contributed by atoms with E-state index in [1.165, 1.54) is 5.56 Å². The second kappa shape index (κ2) is 8.13. The van der Waals surface area contributed by atoms with E-state index in [4.69, 9.17) is 5.73 Å². The summed E-state index contributed by atoms with van der Waals surface area (Å²) in [5, 5.41) is 7.31. The molecule has 3 N–H and O–H groups in total. The van der Waals surface area contributed by atoms with Crippen LogP contribution in [0.2, 0.25) is 0 Å². The molecular weight excluding hydrogens is 312 g/mol. The van der Waals surface area contributed by atoms with Gasteiger partial charge in [-0.05, 0) is 31.9 Å². The van der Waals surface area contributed by atoms with Crippen LogP contribution in [0.3, 0.4) is 0 Å². The van der Waals surface area contributed by atoms with E-state index in [0.717, 1.165) is 11.4 Å². The van der Waals surface area contributed by atoms with Gasteiger partial charge >= 0.3 is 0 Å². The summed E-state index contributed by atoms with van der Waals surface area (Å²) in [6.45, 7) is 8.46. The Morgan fingerprint density at radius 3 is 2.39 bits per heavy atom. The van der Waals surface area contributed by atoms with E-state index >= 15 is 0 Å². The number of nitrogens with zero attached hydrogens (tertiary/aromatic N) is 2. The molecule has 0 unspecified atom stereocenters. The van der Waals surface area contributed by atoms with Crippen LogP contribution >= 0.6 is 12.4 Å². The molecule has 0 aliphatic carbocycles. The fourth-order valence-electron chi connectivity index (χ4n) is 2.34. The lowest BCUT2D eigenvalue weighted by molar-refractivity contribution is 0.0940. The maximum Gasteiger partial charge on any atom is 0.255 e. The first-order chi connectivity index (χ1) is 10.4. The zero-order chi connectivity index (χ0) is 16.3. The van der Waals surface area contributed by atoms with Crippen molar-refractivity contribution in [2.45, 2.75) is 39.7 Å². The number of aryl methyl sites for hydroxylation is 1. The van der Waals surface area contributed by atoms with Crippen molar-refractivity contribution in [3.63, 3.8) is 0 Å². The summed E-state index contributed by atoms with van der Waals surface area (Å²) < 4.78 is 1.84. The fraction of sp³-hybridized carbons (Fsp3) is 0.412. The lowest BCUT2D eigenvalue weighted by Crippen LogP contribution is -2.38. The highest BCUT2D eigenvalue weighted by molar-refractivity contribution is 5.95. The van der Waals surface area contributed by atoms with Crippen LogP contribution in [-0.2, 0) is 0 Å². The van der Waals surface area contributed by atoms with Gasteiger partial charge in [0.1, 0.15) is 0 Å². The number of carbonyl (C=O) groups is 1. The number of hydrogen-bond donors (Lipinski definition) is 2. The molecule has 1 amide bonds. The van der Waals surface area contributed by atoms with Gasteiger partial charge in [-0.15, -0.1) is 12.4 Å². The predicted molar refractivity (Wildman–Crippen MR) is 95.6 cm³/mol. The number of nitrogens with one attached hydrogen (secondary N) is 1. The summed E-state index contributed by atoms with van der Waals surface area (Å²) in [4.78, 5) is 12.4. The second-order valence-electron chi connectivity index (χ2n) is 5.96. The Bertz CT molecular complexity index is 649. The average molecular weight is 337 g/mol. The second-order valence-corrected chi connectivity index (χ2v) is 5.96. The summed E-state index contributed by atoms with van der Waals surface area (Å²) in [5.74, 6) is 0.0535. The quantitative estimate of drug-likeness (QED) is 0.881. The van der Waals surface area contributed by atoms with Crippen molar-refractivity contribution in [1.29, 1.82) is 0 Å². The van der Waals surface area contributed by atoms with E-state index in [2.05, 4.69) is 24.3 Å². The lowest BCUT2D eigenvalue weighted by Gasteiger charge is -2.15. The molecule has 0 bridgehead atoms. The van der Waals surface area contributed by atoms with Gasteiger partial charge in [-0.25, -0.2) is 4.68 Å². The SMILES string of the molecule is Cc1ccc(-n2ncc(C(=O)N[C@@H](C)CN)c2C(C)C)cc1.Cl. The van der Waals surface area contributed by atoms with Gasteiger partial charge in [0.05, 0.1) is 23.1 Å². The summed E-state index contributed by atoms with van der Waals surface area (Å²) in [6, 6.07) is 8.04. The van der Waals surface area contributed by atoms with Gasteiger partial charge in [0.25, 0.3) is 5.91 Å². The van der Waals surface area contributed by atoms with Gasteiger partial charge in [-0.3, -0.25) is 4.79 Å². The third-order valence-corrected chi connectivity index (χ3v) is 3.61. The lowest BCUT2D eigenvalue weighted by atomic mass is 10.0. The standard InChI is InChI=1S/C17H24N4O.ClH/c1-11(2)16-15(17(22)20-13(4)9-18)10-19-21(16)14-7-5-12(3)6-8-14;/h5-8,10-11,13H,9,18H2,1-4H3,(H,20,22);1H/t13-;/m0./s1. The molecule has 0 radical (unpaired) electrons. The van der Waals surface area contributed by atoms with Crippen molar-refractivity contribution in [3.05, 3.63) is 47.3 Å². The Hall–Kier alpha value is -1.85. The molecule has 0 spiro atoms. The van der Waals surface area contributed by atoms with Crippen LogP contribution in [0.4, 0.5) is 0 Å². The number of hydrogen-bond acceptors (Lipinski definition) is 3. The molecule has 1 aromatic heterocycles. The number of halogens is 1. The Balaban J connectivity index is 0.00000264. The van der Waals surface area contributed by atoms with Crippen molar-refractivity contribution >= 4 is 18.3 Å². The molecule has 126 valence electrons. The Morgan fingerprint density at radius 2 is 1.87 bits per heavy atom. The van der Waals surface area contributed by atoms with Crippen LogP contribution in [0.15, 0.2) is 30.5 Å². The van der Waals surface area contributed by atoms with Crippen molar-refractivity contribution in [2.75, 3.05) is 6.54 Å². The van der Waals surface area contributed by atoms with E-state index in [0.29, 0.717) is 12.1 Å². The highest BCUT2D eigenvalue weighted by atomic mass is 35.5. The molecule has 0 aliphatic rings. The molecule has 0 fully saturated rings. The minimum atomic E-state index is -0.125. The van der Waals surface area contributed by atoms with Gasteiger partial charge in [-0.2, -0.15) is 5.10 Å². The summed E-state index contributed by atoms with van der Waals surface area (Å²) in [5.41, 5.74) is 9.24. The zero-order valence-electron chi connectivity index (χ0n) is 14.0. The van der Waals surface area contributed by atoms with E-state index in [1.807, 2.05) is 42.8 Å².